The first-order chi connectivity index (χ1) is 16.0. The SMILES string of the molecule is CCOP(=S)(OCC)Oc1nc(Cl)c(Cl)cc1Cl.COP(=S)(OC)Oc1ccc(SC)c(C)c1. The Morgan fingerprint density at radius 2 is 1.50 bits per heavy atom. The first kappa shape index (κ1) is 32.4. The molecule has 1 heterocycles. The summed E-state index contributed by atoms with van der Waals surface area (Å²) in [4.78, 5) is 5.12. The smallest absolute Gasteiger partial charge is 0.381 e. The zero-order chi connectivity index (χ0) is 25.9. The van der Waals surface area contributed by atoms with Gasteiger partial charge in [-0.3, -0.25) is 9.05 Å². The van der Waals surface area contributed by atoms with Crippen LogP contribution in [0.3, 0.4) is 0 Å². The molecule has 0 saturated carbocycles. The fourth-order valence-corrected chi connectivity index (χ4v) is 6.29. The molecule has 0 amide bonds. The Labute approximate surface area is 230 Å². The minimum Gasteiger partial charge on any atom is -0.424 e. The second-order valence-electron chi connectivity index (χ2n) is 5.96. The van der Waals surface area contributed by atoms with Crippen molar-refractivity contribution in [1.82, 2.24) is 4.98 Å². The molecule has 0 bridgehead atoms. The molecule has 2 aromatic rings. The molecule has 0 unspecified atom stereocenters. The summed E-state index contributed by atoms with van der Waals surface area (Å²) in [5.41, 5.74) is 1.15. The molecule has 192 valence electrons. The standard InChI is InChI=1S/C10H15O3PS2.C9H11Cl3NO3PS/c1-8-7-9(5-6-10(8)16-4)13-14(15,11-2)12-3;1-3-14-17(18,15-4-2)16-9-7(11)5-6(10)8(12)13-9/h5-7H,1-4H3;5H,3-4H2,1-2H3. The summed E-state index contributed by atoms with van der Waals surface area (Å²) >= 11 is 29.5. The van der Waals surface area contributed by atoms with Crippen molar-refractivity contribution in [3.05, 3.63) is 45.0 Å². The third-order valence-electron chi connectivity index (χ3n) is 3.66. The van der Waals surface area contributed by atoms with E-state index in [0.717, 1.165) is 5.56 Å². The summed E-state index contributed by atoms with van der Waals surface area (Å²) in [6.07, 6.45) is 2.04. The maximum atomic E-state index is 5.94. The van der Waals surface area contributed by atoms with E-state index in [1.807, 2.05) is 31.4 Å². The lowest BCUT2D eigenvalue weighted by molar-refractivity contribution is 0.216. The monoisotopic (exact) mass is 627 g/mol. The average Bonchev–Trinajstić information content (AvgIpc) is 2.78. The molecule has 0 fully saturated rings. The molecule has 0 radical (unpaired) electrons. The highest BCUT2D eigenvalue weighted by atomic mass is 35.5. The van der Waals surface area contributed by atoms with Gasteiger partial charge in [-0.05, 0) is 56.9 Å². The van der Waals surface area contributed by atoms with Crippen LogP contribution in [-0.4, -0.2) is 38.7 Å². The second kappa shape index (κ2) is 15.6. The fourth-order valence-electron chi connectivity index (χ4n) is 2.19. The number of hydrogen-bond acceptors (Lipinski definition) is 10. The predicted octanol–water partition coefficient (Wildman–Crippen LogP) is 8.33. The predicted molar refractivity (Wildman–Crippen MR) is 149 cm³/mol. The van der Waals surface area contributed by atoms with Crippen LogP contribution in [0.25, 0.3) is 0 Å². The maximum Gasteiger partial charge on any atom is 0.381 e. The van der Waals surface area contributed by atoms with E-state index in [2.05, 4.69) is 4.98 Å². The summed E-state index contributed by atoms with van der Waals surface area (Å²) in [5, 5.41) is 0.499. The largest absolute Gasteiger partial charge is 0.424 e. The van der Waals surface area contributed by atoms with Gasteiger partial charge in [0.2, 0.25) is 5.88 Å². The molecule has 34 heavy (non-hydrogen) atoms. The lowest BCUT2D eigenvalue weighted by Crippen LogP contribution is -2.03. The first-order valence-corrected chi connectivity index (χ1v) is 17.1. The highest BCUT2D eigenvalue weighted by Crippen LogP contribution is 2.51. The van der Waals surface area contributed by atoms with Crippen LogP contribution in [0.5, 0.6) is 11.6 Å². The number of aryl methyl sites for hydroxylation is 1. The van der Waals surface area contributed by atoms with Gasteiger partial charge < -0.3 is 18.1 Å². The van der Waals surface area contributed by atoms with Crippen molar-refractivity contribution >= 4 is 83.6 Å². The number of benzene rings is 1. The summed E-state index contributed by atoms with van der Waals surface area (Å²) in [6, 6.07) is 7.23. The summed E-state index contributed by atoms with van der Waals surface area (Å²) in [7, 11) is 2.99. The zero-order valence-electron chi connectivity index (χ0n) is 19.4. The number of hydrogen-bond donors (Lipinski definition) is 0. The Kier molecular flexibility index (Phi) is 14.8. The molecule has 7 nitrogen and oxygen atoms in total. The van der Waals surface area contributed by atoms with Crippen molar-refractivity contribution in [3.8, 4) is 11.6 Å². The van der Waals surface area contributed by atoms with Gasteiger partial charge in [0.05, 0.1) is 18.2 Å². The normalized spacial score (nSPS) is 11.6. The van der Waals surface area contributed by atoms with Gasteiger partial charge in [0.25, 0.3) is 0 Å². The Hall–Kier alpha value is 0.330. The molecule has 0 aliphatic rings. The number of nitrogens with zero attached hydrogens (tertiary/aromatic N) is 1. The van der Waals surface area contributed by atoms with Crippen molar-refractivity contribution in [2.45, 2.75) is 25.7 Å². The number of thioether (sulfide) groups is 1. The molecule has 0 aliphatic carbocycles. The molecule has 1 aromatic carbocycles. The second-order valence-corrected chi connectivity index (χ2v) is 14.1. The van der Waals surface area contributed by atoms with Gasteiger partial charge in [-0.2, -0.15) is 4.98 Å². The molecule has 1 aromatic heterocycles. The van der Waals surface area contributed by atoms with E-state index in [1.165, 1.54) is 25.2 Å². The van der Waals surface area contributed by atoms with E-state index in [9.17, 15) is 0 Å². The minimum atomic E-state index is -2.92. The van der Waals surface area contributed by atoms with Crippen molar-refractivity contribution in [1.29, 1.82) is 0 Å². The lowest BCUT2D eigenvalue weighted by Gasteiger charge is -2.20. The number of rotatable bonds is 11. The fraction of sp³-hybridized carbons (Fsp3) is 0.421. The third-order valence-corrected chi connectivity index (χ3v) is 10.3. The zero-order valence-corrected chi connectivity index (χ0v) is 25.9. The maximum absolute atomic E-state index is 5.94. The molecule has 0 aliphatic heterocycles. The van der Waals surface area contributed by atoms with Crippen LogP contribution in [0, 0.1) is 6.92 Å². The van der Waals surface area contributed by atoms with Crippen LogP contribution in [0.1, 0.15) is 19.4 Å². The van der Waals surface area contributed by atoms with Crippen molar-refractivity contribution in [2.75, 3.05) is 33.7 Å². The Morgan fingerprint density at radius 3 is 1.97 bits per heavy atom. The Balaban J connectivity index is 0.000000342. The molecule has 0 saturated heterocycles. The molecular formula is C19H26Cl3NO6P2S3. The van der Waals surface area contributed by atoms with E-state index < -0.39 is 13.4 Å². The van der Waals surface area contributed by atoms with Crippen LogP contribution in [0.15, 0.2) is 29.2 Å². The van der Waals surface area contributed by atoms with Crippen LogP contribution in [-0.2, 0) is 41.7 Å². The van der Waals surface area contributed by atoms with Crippen LogP contribution in [0.4, 0.5) is 0 Å². The average molecular weight is 629 g/mol. The van der Waals surface area contributed by atoms with Gasteiger partial charge in [-0.15, -0.1) is 11.8 Å². The number of halogens is 3. The van der Waals surface area contributed by atoms with E-state index in [0.29, 0.717) is 19.0 Å². The van der Waals surface area contributed by atoms with Gasteiger partial charge >= 0.3 is 13.4 Å². The van der Waals surface area contributed by atoms with E-state index in [4.69, 9.17) is 85.6 Å². The van der Waals surface area contributed by atoms with Crippen LogP contribution in [0.2, 0.25) is 15.2 Å². The third kappa shape index (κ3) is 10.4. The van der Waals surface area contributed by atoms with Gasteiger partial charge in [0, 0.05) is 42.7 Å². The van der Waals surface area contributed by atoms with Gasteiger partial charge in [-0.1, -0.05) is 34.8 Å². The Morgan fingerprint density at radius 1 is 0.912 bits per heavy atom. The van der Waals surface area contributed by atoms with Crippen LogP contribution < -0.4 is 9.05 Å². The topological polar surface area (TPSA) is 68.3 Å². The summed E-state index contributed by atoms with van der Waals surface area (Å²) in [6.45, 7) is 0.776. The molecular weight excluding hydrogens is 603 g/mol. The van der Waals surface area contributed by atoms with Crippen molar-refractivity contribution in [2.24, 2.45) is 0 Å². The quantitative estimate of drug-likeness (QED) is 0.138. The lowest BCUT2D eigenvalue weighted by atomic mass is 10.2. The molecule has 0 atom stereocenters. The van der Waals surface area contributed by atoms with Crippen molar-refractivity contribution < 1.29 is 27.1 Å². The number of pyridine rings is 1. The first-order valence-electron chi connectivity index (χ1n) is 9.62. The van der Waals surface area contributed by atoms with Gasteiger partial charge in [-0.25, -0.2) is 0 Å². The van der Waals surface area contributed by atoms with Gasteiger partial charge in [0.1, 0.15) is 10.8 Å². The highest BCUT2D eigenvalue weighted by Gasteiger charge is 2.24. The summed E-state index contributed by atoms with van der Waals surface area (Å²) in [5.74, 6) is 0.735. The number of aromatic nitrogens is 1. The van der Waals surface area contributed by atoms with Crippen molar-refractivity contribution in [3.63, 3.8) is 0 Å². The van der Waals surface area contributed by atoms with Crippen LogP contribution >= 0.6 is 60.0 Å². The molecule has 2 rings (SSSR count). The van der Waals surface area contributed by atoms with E-state index in [-0.39, 0.29) is 21.1 Å². The molecule has 15 heteroatoms. The minimum absolute atomic E-state index is 0.0521. The van der Waals surface area contributed by atoms with E-state index >= 15 is 0 Å². The van der Waals surface area contributed by atoms with E-state index in [1.54, 1.807) is 25.6 Å². The Bertz CT molecular complexity index is 1030. The summed E-state index contributed by atoms with van der Waals surface area (Å²) < 4.78 is 31.7. The highest BCUT2D eigenvalue weighted by molar-refractivity contribution is 8.08. The molecule has 0 N–H and O–H groups in total. The molecule has 0 spiro atoms. The van der Waals surface area contributed by atoms with Gasteiger partial charge in [0.15, 0.2) is 5.15 Å².